The van der Waals surface area contributed by atoms with E-state index in [0.29, 0.717) is 41.3 Å². The molecular weight excluding hydrogens is 522 g/mol. The van der Waals surface area contributed by atoms with Gasteiger partial charge in [0.1, 0.15) is 17.2 Å². The van der Waals surface area contributed by atoms with Crippen LogP contribution in [-0.2, 0) is 4.74 Å². The van der Waals surface area contributed by atoms with Gasteiger partial charge < -0.3 is 35.1 Å². The van der Waals surface area contributed by atoms with E-state index in [0.717, 1.165) is 48.7 Å². The van der Waals surface area contributed by atoms with Crippen LogP contribution in [0.4, 0.5) is 27.8 Å². The Bertz CT molecular complexity index is 1740. The third-order valence-electron chi connectivity index (χ3n) is 7.00. The van der Waals surface area contributed by atoms with Crippen molar-refractivity contribution in [2.45, 2.75) is 45.3 Å². The van der Waals surface area contributed by atoms with Crippen LogP contribution in [0, 0.1) is 0 Å². The topological polar surface area (TPSA) is 136 Å². The normalized spacial score (nSPS) is 16.3. The highest BCUT2D eigenvalue weighted by Gasteiger charge is 2.26. The Hall–Kier alpha value is -4.74. The summed E-state index contributed by atoms with van der Waals surface area (Å²) in [7, 11) is 0. The van der Waals surface area contributed by atoms with Crippen LogP contribution in [0.3, 0.4) is 0 Å². The molecule has 2 fully saturated rings. The number of amides is 1. The van der Waals surface area contributed by atoms with Crippen LogP contribution < -0.4 is 31.9 Å². The van der Waals surface area contributed by atoms with E-state index in [1.165, 1.54) is 0 Å². The molecule has 2 aliphatic rings. The highest BCUT2D eigenvalue weighted by atomic mass is 16.6. The molecule has 0 spiro atoms. The Morgan fingerprint density at radius 2 is 1.85 bits per heavy atom. The molecule has 0 radical (unpaired) electrons. The molecule has 4 N–H and O–H groups in total. The van der Waals surface area contributed by atoms with Gasteiger partial charge in [0.25, 0.3) is 0 Å². The number of rotatable bonds is 6. The first-order valence-electron chi connectivity index (χ1n) is 13.9. The molecular formula is C29H35N9O3. The fraction of sp³-hybridized carbons (Fsp3) is 0.379. The molecule has 214 valence electrons. The van der Waals surface area contributed by atoms with Gasteiger partial charge in [-0.2, -0.15) is 9.61 Å². The molecule has 0 atom stereocenters. The van der Waals surface area contributed by atoms with Gasteiger partial charge in [0.2, 0.25) is 0 Å². The summed E-state index contributed by atoms with van der Waals surface area (Å²) in [6.45, 7) is 12.2. The van der Waals surface area contributed by atoms with E-state index >= 15 is 0 Å². The van der Waals surface area contributed by atoms with E-state index in [-0.39, 0.29) is 11.8 Å². The lowest BCUT2D eigenvalue weighted by molar-refractivity contribution is 0.0240. The Labute approximate surface area is 236 Å². The monoisotopic (exact) mass is 557 g/mol. The Morgan fingerprint density at radius 3 is 2.49 bits per heavy atom. The number of aromatic amines is 2. The van der Waals surface area contributed by atoms with Crippen LogP contribution in [0.5, 0.6) is 0 Å². The smallest absolute Gasteiger partial charge is 0.410 e. The Balaban J connectivity index is 1.19. The van der Waals surface area contributed by atoms with Crippen LogP contribution in [0.1, 0.15) is 39.2 Å². The minimum absolute atomic E-state index is 0.260. The molecule has 1 saturated heterocycles. The van der Waals surface area contributed by atoms with Crippen molar-refractivity contribution in [2.24, 2.45) is 0 Å². The predicted molar refractivity (Wildman–Crippen MR) is 159 cm³/mol. The zero-order chi connectivity index (χ0) is 28.7. The van der Waals surface area contributed by atoms with Gasteiger partial charge in [-0.15, -0.1) is 0 Å². The number of aromatic nitrogens is 5. The molecule has 12 nitrogen and oxygen atoms in total. The van der Waals surface area contributed by atoms with Gasteiger partial charge in [-0.25, -0.2) is 14.6 Å². The standard InChI is InChI=1S/C29H35N9O3/c1-18-23(34-27(39)31-18)15-19-17-30-38-25(33-21-5-6-21)16-24(35-26(19)38)32-20-7-9-22(10-8-20)36-11-13-37(14-12-36)28(40)41-29(2,3)4/h7-10,15-17,21,33H,1,5-6,11-14H2,2-4H3,(H,32,35)(H2,31,34,39)/b23-15-. The summed E-state index contributed by atoms with van der Waals surface area (Å²) in [5, 5.41) is 12.6. The number of hydrogen-bond acceptors (Lipinski definition) is 8. The van der Waals surface area contributed by atoms with Crippen LogP contribution in [-0.4, -0.2) is 73.4 Å². The van der Waals surface area contributed by atoms with E-state index in [1.54, 1.807) is 15.6 Å². The number of anilines is 4. The second kappa shape index (κ2) is 10.3. The highest BCUT2D eigenvalue weighted by molar-refractivity contribution is 5.72. The molecule has 4 aromatic rings. The van der Waals surface area contributed by atoms with Crippen molar-refractivity contribution >= 4 is 47.4 Å². The average molecular weight is 558 g/mol. The number of fused-ring (bicyclic) bond motifs is 1. The van der Waals surface area contributed by atoms with Gasteiger partial charge >= 0.3 is 11.8 Å². The number of nitrogens with one attached hydrogen (secondary N) is 4. The first-order chi connectivity index (χ1) is 19.6. The first kappa shape index (κ1) is 26.5. The Morgan fingerprint density at radius 1 is 1.12 bits per heavy atom. The van der Waals surface area contributed by atoms with Crippen molar-refractivity contribution in [1.82, 2.24) is 29.5 Å². The number of benzene rings is 1. The molecule has 1 amide bonds. The largest absolute Gasteiger partial charge is 0.444 e. The second-order valence-corrected chi connectivity index (χ2v) is 11.5. The lowest BCUT2D eigenvalue weighted by Gasteiger charge is -2.36. The minimum atomic E-state index is -0.498. The average Bonchev–Trinajstić information content (AvgIpc) is 3.56. The summed E-state index contributed by atoms with van der Waals surface area (Å²) in [4.78, 5) is 38.4. The van der Waals surface area contributed by atoms with E-state index < -0.39 is 5.60 Å². The van der Waals surface area contributed by atoms with Gasteiger partial charge in [-0.3, -0.25) is 0 Å². The second-order valence-electron chi connectivity index (χ2n) is 11.5. The third kappa shape index (κ3) is 6.06. The number of piperazine rings is 1. The molecule has 6 rings (SSSR count). The van der Waals surface area contributed by atoms with E-state index in [9.17, 15) is 9.59 Å². The number of nitrogens with zero attached hydrogens (tertiary/aromatic N) is 5. The molecule has 1 saturated carbocycles. The summed E-state index contributed by atoms with van der Waals surface area (Å²) < 4.78 is 7.29. The van der Waals surface area contributed by atoms with Gasteiger partial charge in [0, 0.05) is 55.2 Å². The summed E-state index contributed by atoms with van der Waals surface area (Å²) in [5.74, 6) is 1.52. The highest BCUT2D eigenvalue weighted by Crippen LogP contribution is 2.29. The van der Waals surface area contributed by atoms with Crippen LogP contribution >= 0.6 is 0 Å². The maximum atomic E-state index is 12.4. The quantitative estimate of drug-likeness (QED) is 0.284. The fourth-order valence-corrected chi connectivity index (χ4v) is 4.77. The summed E-state index contributed by atoms with van der Waals surface area (Å²) in [6, 6.07) is 10.6. The lowest BCUT2D eigenvalue weighted by atomic mass is 10.2. The summed E-state index contributed by atoms with van der Waals surface area (Å²) in [5.41, 5.74) is 2.60. The van der Waals surface area contributed by atoms with Gasteiger partial charge in [-0.05, 0) is 64.0 Å². The fourth-order valence-electron chi connectivity index (χ4n) is 4.77. The van der Waals surface area contributed by atoms with Gasteiger partial charge in [-0.1, -0.05) is 6.58 Å². The molecule has 1 aromatic carbocycles. The summed E-state index contributed by atoms with van der Waals surface area (Å²) >= 11 is 0. The van der Waals surface area contributed by atoms with Crippen LogP contribution in [0.25, 0.3) is 18.3 Å². The van der Waals surface area contributed by atoms with Crippen molar-refractivity contribution < 1.29 is 9.53 Å². The Kier molecular flexibility index (Phi) is 6.68. The van der Waals surface area contributed by atoms with Crippen molar-refractivity contribution in [3.05, 3.63) is 63.3 Å². The maximum absolute atomic E-state index is 12.4. The molecule has 1 aliphatic heterocycles. The zero-order valence-corrected chi connectivity index (χ0v) is 23.5. The lowest BCUT2D eigenvalue weighted by Crippen LogP contribution is -2.50. The number of hydrogen-bond donors (Lipinski definition) is 4. The van der Waals surface area contributed by atoms with Crippen molar-refractivity contribution in [3.63, 3.8) is 0 Å². The van der Waals surface area contributed by atoms with Crippen LogP contribution in [0.15, 0.2) is 41.3 Å². The van der Waals surface area contributed by atoms with E-state index in [4.69, 9.17) is 9.72 Å². The zero-order valence-electron chi connectivity index (χ0n) is 23.5. The van der Waals surface area contributed by atoms with Crippen molar-refractivity contribution in [1.29, 1.82) is 0 Å². The maximum Gasteiger partial charge on any atom is 0.410 e. The van der Waals surface area contributed by atoms with Crippen molar-refractivity contribution in [3.8, 4) is 0 Å². The van der Waals surface area contributed by atoms with Crippen molar-refractivity contribution in [2.75, 3.05) is 41.7 Å². The SMILES string of the molecule is C=c1[nH]c(=O)[nH]/c1=C\c1cnn2c(NC3CC3)cc(Nc3ccc(N4CCN(C(=O)OC(C)(C)C)CC4)cc3)nc12. The molecule has 41 heavy (non-hydrogen) atoms. The molecule has 4 heterocycles. The number of carbonyl (C=O) groups is 1. The molecule has 0 unspecified atom stereocenters. The molecule has 12 heteroatoms. The number of ether oxygens (including phenoxy) is 1. The molecule has 0 bridgehead atoms. The molecule has 3 aromatic heterocycles. The number of imidazole rings is 1. The van der Waals surface area contributed by atoms with Gasteiger partial charge in [0.05, 0.1) is 16.9 Å². The minimum Gasteiger partial charge on any atom is -0.444 e. The molecule has 1 aliphatic carbocycles. The first-order valence-corrected chi connectivity index (χ1v) is 13.9. The van der Waals surface area contributed by atoms with E-state index in [2.05, 4.69) is 49.3 Å². The van der Waals surface area contributed by atoms with E-state index in [1.807, 2.05) is 45.0 Å². The predicted octanol–water partition coefficient (Wildman–Crippen LogP) is 2.36. The third-order valence-corrected chi connectivity index (χ3v) is 7.00. The number of carbonyl (C=O) groups excluding carboxylic acids is 1. The number of H-pyrrole nitrogens is 2. The summed E-state index contributed by atoms with van der Waals surface area (Å²) in [6.07, 6.45) is 5.53. The van der Waals surface area contributed by atoms with Gasteiger partial charge in [0.15, 0.2) is 5.65 Å². The van der Waals surface area contributed by atoms with Crippen LogP contribution in [0.2, 0.25) is 0 Å².